The summed E-state index contributed by atoms with van der Waals surface area (Å²) in [6.07, 6.45) is 3.19. The van der Waals surface area contributed by atoms with E-state index >= 15 is 0 Å². The third kappa shape index (κ3) is 2.92. The fourth-order valence-corrected chi connectivity index (χ4v) is 3.32. The number of thiazole rings is 1. The van der Waals surface area contributed by atoms with E-state index < -0.39 is 0 Å². The Bertz CT molecular complexity index is 910. The Labute approximate surface area is 143 Å². The number of anilines is 1. The highest BCUT2D eigenvalue weighted by Gasteiger charge is 2.15. The van der Waals surface area contributed by atoms with Crippen molar-refractivity contribution in [3.63, 3.8) is 0 Å². The average Bonchev–Trinajstić information content (AvgIpc) is 2.99. The number of amides is 1. The normalized spacial score (nSPS) is 10.9. The van der Waals surface area contributed by atoms with Gasteiger partial charge in [-0.3, -0.25) is 9.36 Å². The summed E-state index contributed by atoms with van der Waals surface area (Å²) in [7, 11) is 0. The second-order valence-electron chi connectivity index (χ2n) is 5.54. The SMILES string of the molecule is Cc1nc(C)c(C(=O)Nc2cnc(-n3c(C)nc(C)c3C)nc2)s1. The number of carbonyl (C=O) groups excluding carboxylic acids is 1. The molecule has 0 atom stereocenters. The molecule has 0 aliphatic heterocycles. The van der Waals surface area contributed by atoms with Gasteiger partial charge in [0.25, 0.3) is 5.91 Å². The molecule has 3 aromatic heterocycles. The minimum absolute atomic E-state index is 0.194. The number of nitrogens with one attached hydrogen (secondary N) is 1. The Kier molecular flexibility index (Phi) is 4.15. The van der Waals surface area contributed by atoms with E-state index in [4.69, 9.17) is 0 Å². The van der Waals surface area contributed by atoms with Gasteiger partial charge in [-0.2, -0.15) is 0 Å². The van der Waals surface area contributed by atoms with Crippen LogP contribution in [0.4, 0.5) is 5.69 Å². The van der Waals surface area contributed by atoms with E-state index in [-0.39, 0.29) is 5.91 Å². The summed E-state index contributed by atoms with van der Waals surface area (Å²) in [6, 6.07) is 0. The van der Waals surface area contributed by atoms with Gasteiger partial charge in [0.15, 0.2) is 0 Å². The molecule has 0 fully saturated rings. The molecule has 0 aromatic carbocycles. The van der Waals surface area contributed by atoms with E-state index in [9.17, 15) is 4.79 Å². The van der Waals surface area contributed by atoms with E-state index in [1.807, 2.05) is 39.2 Å². The van der Waals surface area contributed by atoms with Crippen LogP contribution in [0.5, 0.6) is 0 Å². The van der Waals surface area contributed by atoms with Gasteiger partial charge in [-0.05, 0) is 34.6 Å². The molecule has 0 aliphatic carbocycles. The van der Waals surface area contributed by atoms with Gasteiger partial charge in [-0.15, -0.1) is 11.3 Å². The Morgan fingerprint density at radius 1 is 1.04 bits per heavy atom. The molecule has 0 saturated heterocycles. The maximum absolute atomic E-state index is 12.3. The first-order valence-electron chi connectivity index (χ1n) is 7.47. The van der Waals surface area contributed by atoms with E-state index in [1.54, 1.807) is 12.4 Å². The average molecular weight is 342 g/mol. The Morgan fingerprint density at radius 3 is 2.21 bits per heavy atom. The van der Waals surface area contributed by atoms with E-state index in [2.05, 4.69) is 25.3 Å². The quantitative estimate of drug-likeness (QED) is 0.791. The number of hydrogen-bond acceptors (Lipinski definition) is 6. The Hall–Kier alpha value is -2.61. The lowest BCUT2D eigenvalue weighted by molar-refractivity contribution is 0.102. The summed E-state index contributed by atoms with van der Waals surface area (Å²) in [5.41, 5.74) is 3.22. The molecule has 8 heteroatoms. The molecule has 0 spiro atoms. The van der Waals surface area contributed by atoms with Crippen molar-refractivity contribution in [1.82, 2.24) is 24.5 Å². The maximum Gasteiger partial charge on any atom is 0.267 e. The zero-order chi connectivity index (χ0) is 17.4. The number of carbonyl (C=O) groups is 1. The Morgan fingerprint density at radius 2 is 1.71 bits per heavy atom. The fourth-order valence-electron chi connectivity index (χ4n) is 2.50. The number of imidazole rings is 1. The smallest absolute Gasteiger partial charge is 0.267 e. The summed E-state index contributed by atoms with van der Waals surface area (Å²) in [5.74, 6) is 1.17. The van der Waals surface area contributed by atoms with Crippen LogP contribution in [0.2, 0.25) is 0 Å². The highest BCUT2D eigenvalue weighted by Crippen LogP contribution is 2.19. The van der Waals surface area contributed by atoms with Crippen molar-refractivity contribution in [2.24, 2.45) is 0 Å². The van der Waals surface area contributed by atoms with Crippen LogP contribution < -0.4 is 5.32 Å². The molecule has 3 aromatic rings. The summed E-state index contributed by atoms with van der Waals surface area (Å²) in [6.45, 7) is 9.54. The van der Waals surface area contributed by atoms with Crippen LogP contribution in [0.3, 0.4) is 0 Å². The standard InChI is InChI=1S/C16H18N6OS/c1-8-10(3)22(11(4)19-8)16-17-6-13(7-18-16)21-15(23)14-9(2)20-12(5)24-14/h6-7H,1-5H3,(H,21,23). The van der Waals surface area contributed by atoms with Crippen molar-refractivity contribution in [2.45, 2.75) is 34.6 Å². The molecule has 7 nitrogen and oxygen atoms in total. The molecule has 0 aliphatic rings. The minimum atomic E-state index is -0.194. The van der Waals surface area contributed by atoms with Gasteiger partial charge < -0.3 is 5.32 Å². The van der Waals surface area contributed by atoms with Crippen LogP contribution in [0.1, 0.15) is 37.6 Å². The fraction of sp³-hybridized carbons (Fsp3) is 0.312. The van der Waals surface area contributed by atoms with Crippen LogP contribution in [-0.2, 0) is 0 Å². The van der Waals surface area contributed by atoms with Gasteiger partial charge >= 0.3 is 0 Å². The molecule has 1 N–H and O–H groups in total. The minimum Gasteiger partial charge on any atom is -0.319 e. The molecular weight excluding hydrogens is 324 g/mol. The van der Waals surface area contributed by atoms with Crippen molar-refractivity contribution in [1.29, 1.82) is 0 Å². The zero-order valence-corrected chi connectivity index (χ0v) is 15.0. The lowest BCUT2D eigenvalue weighted by Gasteiger charge is -2.07. The molecular formula is C16H18N6OS. The van der Waals surface area contributed by atoms with Crippen molar-refractivity contribution < 1.29 is 4.79 Å². The third-order valence-electron chi connectivity index (χ3n) is 3.72. The number of hydrogen-bond donors (Lipinski definition) is 1. The van der Waals surface area contributed by atoms with Gasteiger partial charge in [0.2, 0.25) is 5.95 Å². The molecule has 3 rings (SSSR count). The number of rotatable bonds is 3. The highest BCUT2D eigenvalue weighted by atomic mass is 32.1. The lowest BCUT2D eigenvalue weighted by Crippen LogP contribution is -2.13. The zero-order valence-electron chi connectivity index (χ0n) is 14.2. The second kappa shape index (κ2) is 6.12. The summed E-state index contributed by atoms with van der Waals surface area (Å²) in [5, 5.41) is 3.67. The maximum atomic E-state index is 12.3. The summed E-state index contributed by atoms with van der Waals surface area (Å²) in [4.78, 5) is 30.3. The highest BCUT2D eigenvalue weighted by molar-refractivity contribution is 7.13. The van der Waals surface area contributed by atoms with Crippen molar-refractivity contribution in [3.8, 4) is 5.95 Å². The first-order chi connectivity index (χ1) is 11.4. The molecule has 0 bridgehead atoms. The topological polar surface area (TPSA) is 85.6 Å². The molecule has 1 amide bonds. The first kappa shape index (κ1) is 16.3. The van der Waals surface area contributed by atoms with Gasteiger partial charge in [-0.25, -0.2) is 19.9 Å². The van der Waals surface area contributed by atoms with Crippen molar-refractivity contribution in [2.75, 3.05) is 5.32 Å². The molecule has 24 heavy (non-hydrogen) atoms. The van der Waals surface area contributed by atoms with Crippen molar-refractivity contribution in [3.05, 3.63) is 45.2 Å². The molecule has 0 radical (unpaired) electrons. The monoisotopic (exact) mass is 342 g/mol. The number of aryl methyl sites for hydroxylation is 4. The predicted octanol–water partition coefficient (Wildman–Crippen LogP) is 2.91. The molecule has 124 valence electrons. The van der Waals surface area contributed by atoms with Crippen LogP contribution in [0.15, 0.2) is 12.4 Å². The van der Waals surface area contributed by atoms with E-state index in [0.717, 1.165) is 27.9 Å². The number of nitrogens with zero attached hydrogens (tertiary/aromatic N) is 5. The second-order valence-corrected chi connectivity index (χ2v) is 6.74. The number of aromatic nitrogens is 5. The van der Waals surface area contributed by atoms with E-state index in [1.165, 1.54) is 11.3 Å². The first-order valence-corrected chi connectivity index (χ1v) is 8.29. The van der Waals surface area contributed by atoms with Crippen LogP contribution in [0.25, 0.3) is 5.95 Å². The van der Waals surface area contributed by atoms with E-state index in [0.29, 0.717) is 16.5 Å². The molecule has 0 unspecified atom stereocenters. The van der Waals surface area contributed by atoms with Gasteiger partial charge in [-0.1, -0.05) is 0 Å². The van der Waals surface area contributed by atoms with Crippen LogP contribution >= 0.6 is 11.3 Å². The van der Waals surface area contributed by atoms with Crippen molar-refractivity contribution >= 4 is 22.9 Å². The van der Waals surface area contributed by atoms with Crippen LogP contribution in [0, 0.1) is 34.6 Å². The predicted molar refractivity (Wildman–Crippen MR) is 92.9 cm³/mol. The molecule has 3 heterocycles. The van der Waals surface area contributed by atoms with Gasteiger partial charge in [0, 0.05) is 5.69 Å². The Balaban J connectivity index is 1.82. The van der Waals surface area contributed by atoms with Gasteiger partial charge in [0.1, 0.15) is 10.7 Å². The van der Waals surface area contributed by atoms with Crippen LogP contribution in [-0.4, -0.2) is 30.4 Å². The molecule has 0 saturated carbocycles. The summed E-state index contributed by atoms with van der Waals surface area (Å²) < 4.78 is 1.89. The summed E-state index contributed by atoms with van der Waals surface area (Å²) >= 11 is 1.37. The lowest BCUT2D eigenvalue weighted by atomic mass is 10.3. The largest absolute Gasteiger partial charge is 0.319 e. The third-order valence-corrected chi connectivity index (χ3v) is 4.79. The van der Waals surface area contributed by atoms with Gasteiger partial charge in [0.05, 0.1) is 34.5 Å².